The topological polar surface area (TPSA) is 56.7 Å². The van der Waals surface area contributed by atoms with Crippen LogP contribution in [0.4, 0.5) is 5.69 Å². The smallest absolute Gasteiger partial charge is 0.134 e. The summed E-state index contributed by atoms with van der Waals surface area (Å²) in [5.41, 5.74) is 9.30. The van der Waals surface area contributed by atoms with Crippen LogP contribution < -0.4 is 5.73 Å². The number of nitrogens with two attached hydrogens (primary N) is 1. The Morgan fingerprint density at radius 2 is 2.00 bits per heavy atom. The van der Waals surface area contributed by atoms with E-state index in [0.717, 1.165) is 17.5 Å². The monoisotopic (exact) mass is 316 g/mol. The van der Waals surface area contributed by atoms with Gasteiger partial charge in [0.25, 0.3) is 0 Å². The highest BCUT2D eigenvalue weighted by Gasteiger charge is 2.15. The minimum Gasteiger partial charge on any atom is -0.397 e. The predicted octanol–water partition coefficient (Wildman–Crippen LogP) is 4.01. The molecule has 2 N–H and O–H groups in total. The molecule has 116 valence electrons. The molecule has 0 saturated carbocycles. The third-order valence-electron chi connectivity index (χ3n) is 3.69. The summed E-state index contributed by atoms with van der Waals surface area (Å²) in [7, 11) is 0. The molecule has 0 spiro atoms. The normalized spacial score (nSPS) is 12.1. The summed E-state index contributed by atoms with van der Waals surface area (Å²) in [5.74, 6) is 6.42. The molecule has 0 bridgehead atoms. The summed E-state index contributed by atoms with van der Waals surface area (Å²) in [4.78, 5) is 4.22. The first-order valence-electron chi connectivity index (χ1n) is 7.44. The highest BCUT2D eigenvalue weighted by atomic mass is 35.5. The zero-order valence-corrected chi connectivity index (χ0v) is 14.1. The molecule has 2 heterocycles. The Balaban J connectivity index is 2.36. The van der Waals surface area contributed by atoms with E-state index in [1.54, 1.807) is 12.4 Å². The van der Waals surface area contributed by atoms with Crippen molar-refractivity contribution in [2.75, 3.05) is 5.73 Å². The Labute approximate surface area is 136 Å². The number of nitrogens with zero attached hydrogens (tertiary/aromatic N) is 3. The van der Waals surface area contributed by atoms with Gasteiger partial charge >= 0.3 is 0 Å². The quantitative estimate of drug-likeness (QED) is 0.687. The van der Waals surface area contributed by atoms with Crippen molar-refractivity contribution in [1.82, 2.24) is 14.8 Å². The minimum absolute atomic E-state index is 0.255. The van der Waals surface area contributed by atoms with Crippen LogP contribution in [0.5, 0.6) is 0 Å². The maximum absolute atomic E-state index is 6.23. The van der Waals surface area contributed by atoms with Gasteiger partial charge in [-0.3, -0.25) is 4.68 Å². The maximum atomic E-state index is 6.23. The number of hydrogen-bond donors (Lipinski definition) is 1. The molecule has 0 aromatic carbocycles. The second kappa shape index (κ2) is 6.85. The summed E-state index contributed by atoms with van der Waals surface area (Å²) in [5, 5.41) is 4.73. The second-order valence-corrected chi connectivity index (χ2v) is 6.01. The van der Waals surface area contributed by atoms with Gasteiger partial charge in [0, 0.05) is 24.0 Å². The Kier molecular flexibility index (Phi) is 5.10. The molecule has 2 rings (SSSR count). The molecular formula is C17H21ClN4. The van der Waals surface area contributed by atoms with E-state index in [-0.39, 0.29) is 5.92 Å². The van der Waals surface area contributed by atoms with Gasteiger partial charge in [-0.05, 0) is 26.2 Å². The fourth-order valence-corrected chi connectivity index (χ4v) is 2.45. The molecule has 1 unspecified atom stereocenters. The molecule has 5 heteroatoms. The lowest BCUT2D eigenvalue weighted by Gasteiger charge is -2.14. The van der Waals surface area contributed by atoms with E-state index in [2.05, 4.69) is 49.6 Å². The van der Waals surface area contributed by atoms with E-state index in [1.807, 2.05) is 10.9 Å². The van der Waals surface area contributed by atoms with Gasteiger partial charge in [0.15, 0.2) is 0 Å². The number of rotatable bonds is 3. The molecule has 0 amide bonds. The van der Waals surface area contributed by atoms with E-state index in [9.17, 15) is 0 Å². The molecule has 2 aromatic rings. The van der Waals surface area contributed by atoms with E-state index in [0.29, 0.717) is 22.4 Å². The van der Waals surface area contributed by atoms with Crippen molar-refractivity contribution in [3.63, 3.8) is 0 Å². The lowest BCUT2D eigenvalue weighted by atomic mass is 9.97. The van der Waals surface area contributed by atoms with Crippen LogP contribution in [0.3, 0.4) is 0 Å². The van der Waals surface area contributed by atoms with E-state index in [1.165, 1.54) is 0 Å². The van der Waals surface area contributed by atoms with Crippen molar-refractivity contribution in [1.29, 1.82) is 0 Å². The molecule has 1 atom stereocenters. The van der Waals surface area contributed by atoms with Gasteiger partial charge < -0.3 is 5.73 Å². The van der Waals surface area contributed by atoms with Crippen LogP contribution in [0.15, 0.2) is 18.6 Å². The average Bonchev–Trinajstić information content (AvgIpc) is 2.95. The Bertz CT molecular complexity index is 722. The molecule has 0 fully saturated rings. The number of halogens is 1. The van der Waals surface area contributed by atoms with Gasteiger partial charge in [-0.1, -0.05) is 37.3 Å². The highest BCUT2D eigenvalue weighted by molar-refractivity contribution is 6.30. The van der Waals surface area contributed by atoms with Gasteiger partial charge in [-0.2, -0.15) is 5.10 Å². The predicted molar refractivity (Wildman–Crippen MR) is 91.0 cm³/mol. The number of nitrogen functional groups attached to an aromatic ring is 1. The number of anilines is 1. The maximum Gasteiger partial charge on any atom is 0.134 e. The second-order valence-electron chi connectivity index (χ2n) is 5.65. The Morgan fingerprint density at radius 1 is 1.27 bits per heavy atom. The molecule has 0 radical (unpaired) electrons. The van der Waals surface area contributed by atoms with E-state index < -0.39 is 0 Å². The molecule has 0 aliphatic carbocycles. The van der Waals surface area contributed by atoms with E-state index >= 15 is 0 Å². The molecule has 0 aliphatic heterocycles. The number of pyridine rings is 1. The zero-order chi connectivity index (χ0) is 16.3. The van der Waals surface area contributed by atoms with Crippen molar-refractivity contribution in [2.45, 2.75) is 46.1 Å². The van der Waals surface area contributed by atoms with Crippen LogP contribution >= 0.6 is 11.6 Å². The minimum atomic E-state index is 0.255. The number of aromatic nitrogens is 3. The third kappa shape index (κ3) is 3.42. The summed E-state index contributed by atoms with van der Waals surface area (Å²) in [6, 6.07) is 0.315. The zero-order valence-electron chi connectivity index (χ0n) is 13.4. The molecule has 0 saturated heterocycles. The first-order chi connectivity index (χ1) is 10.4. The Hall–Kier alpha value is -1.99. The fraction of sp³-hybridized carbons (Fsp3) is 0.412. The standard InChI is InChI=1S/C17H21ClN4/c1-5-12(4)15-16(19)14(9-20-17(15)18)7-6-13-8-21-22(10-13)11(2)3/h8-12H,5H2,1-4H3,(H2,19,20). The molecular weight excluding hydrogens is 296 g/mol. The first-order valence-corrected chi connectivity index (χ1v) is 7.81. The van der Waals surface area contributed by atoms with Crippen molar-refractivity contribution >= 4 is 17.3 Å². The van der Waals surface area contributed by atoms with Crippen LogP contribution in [0.25, 0.3) is 0 Å². The summed E-state index contributed by atoms with van der Waals surface area (Å²) in [6.07, 6.45) is 6.25. The summed E-state index contributed by atoms with van der Waals surface area (Å²) < 4.78 is 1.87. The summed E-state index contributed by atoms with van der Waals surface area (Å²) in [6.45, 7) is 8.33. The Morgan fingerprint density at radius 3 is 2.59 bits per heavy atom. The van der Waals surface area contributed by atoms with Gasteiger partial charge in [-0.15, -0.1) is 0 Å². The first kappa shape index (κ1) is 16.4. The fourth-order valence-electron chi connectivity index (χ4n) is 2.11. The van der Waals surface area contributed by atoms with Gasteiger partial charge in [0.05, 0.1) is 23.0 Å². The van der Waals surface area contributed by atoms with Gasteiger partial charge in [0.1, 0.15) is 5.15 Å². The molecule has 4 nitrogen and oxygen atoms in total. The van der Waals surface area contributed by atoms with Crippen LogP contribution in [0.1, 0.15) is 62.8 Å². The number of hydrogen-bond acceptors (Lipinski definition) is 3. The van der Waals surface area contributed by atoms with E-state index in [4.69, 9.17) is 17.3 Å². The highest BCUT2D eigenvalue weighted by Crippen LogP contribution is 2.32. The lowest BCUT2D eigenvalue weighted by molar-refractivity contribution is 0.532. The van der Waals surface area contributed by atoms with Gasteiger partial charge in [0.2, 0.25) is 0 Å². The van der Waals surface area contributed by atoms with Crippen LogP contribution in [-0.4, -0.2) is 14.8 Å². The molecule has 0 aliphatic rings. The van der Waals surface area contributed by atoms with Crippen molar-refractivity contribution in [3.8, 4) is 11.8 Å². The lowest BCUT2D eigenvalue weighted by Crippen LogP contribution is -2.04. The third-order valence-corrected chi connectivity index (χ3v) is 3.99. The van der Waals surface area contributed by atoms with Crippen molar-refractivity contribution in [2.24, 2.45) is 0 Å². The molecule has 22 heavy (non-hydrogen) atoms. The summed E-state index contributed by atoms with van der Waals surface area (Å²) >= 11 is 6.18. The van der Waals surface area contributed by atoms with Crippen LogP contribution in [0.2, 0.25) is 5.15 Å². The largest absolute Gasteiger partial charge is 0.397 e. The molecule has 2 aromatic heterocycles. The van der Waals surface area contributed by atoms with Crippen LogP contribution in [-0.2, 0) is 0 Å². The van der Waals surface area contributed by atoms with Gasteiger partial charge in [-0.25, -0.2) is 4.98 Å². The van der Waals surface area contributed by atoms with Crippen LogP contribution in [0, 0.1) is 11.8 Å². The average molecular weight is 317 g/mol. The SMILES string of the molecule is CCC(C)c1c(Cl)ncc(C#Cc2cnn(C(C)C)c2)c1N. The van der Waals surface area contributed by atoms with Crippen molar-refractivity contribution < 1.29 is 0 Å². The van der Waals surface area contributed by atoms with Crippen molar-refractivity contribution in [3.05, 3.63) is 40.4 Å².